The minimum absolute atomic E-state index is 0.190. The van der Waals surface area contributed by atoms with Gasteiger partial charge in [-0.3, -0.25) is 9.10 Å². The van der Waals surface area contributed by atoms with Crippen molar-refractivity contribution in [3.05, 3.63) is 88.9 Å². The summed E-state index contributed by atoms with van der Waals surface area (Å²) in [5.74, 6) is -0.325. The van der Waals surface area contributed by atoms with E-state index in [1.807, 2.05) is 18.2 Å². The van der Waals surface area contributed by atoms with Gasteiger partial charge in [-0.15, -0.1) is 0 Å². The van der Waals surface area contributed by atoms with Crippen molar-refractivity contribution >= 4 is 43.2 Å². The third-order valence-corrected chi connectivity index (χ3v) is 6.49. The molecule has 0 aliphatic rings. The lowest BCUT2D eigenvalue weighted by Crippen LogP contribution is -2.26. The largest absolute Gasteiger partial charge is 0.321 e. The molecule has 3 aromatic rings. The number of nitrogens with zero attached hydrogens (tertiary/aromatic N) is 1. The number of sulfonamides is 1. The fourth-order valence-electron chi connectivity index (χ4n) is 2.49. The molecule has 7 heteroatoms. The molecular formula is C20H17BrN2O3S. The van der Waals surface area contributed by atoms with Gasteiger partial charge < -0.3 is 5.32 Å². The maximum atomic E-state index is 12.8. The highest BCUT2D eigenvalue weighted by atomic mass is 79.9. The van der Waals surface area contributed by atoms with E-state index in [9.17, 15) is 13.2 Å². The number of hydrogen-bond donors (Lipinski definition) is 1. The Kier molecular flexibility index (Phi) is 5.62. The summed E-state index contributed by atoms with van der Waals surface area (Å²) in [7, 11) is -2.24. The third-order valence-electron chi connectivity index (χ3n) is 4.00. The van der Waals surface area contributed by atoms with Crippen LogP contribution < -0.4 is 9.62 Å². The quantitative estimate of drug-likeness (QED) is 0.628. The Morgan fingerprint density at radius 3 is 2.30 bits per heavy atom. The van der Waals surface area contributed by atoms with E-state index >= 15 is 0 Å². The van der Waals surface area contributed by atoms with Gasteiger partial charge in [-0.25, -0.2) is 8.42 Å². The summed E-state index contributed by atoms with van der Waals surface area (Å²) < 4.78 is 27.5. The van der Waals surface area contributed by atoms with Crippen molar-refractivity contribution in [1.29, 1.82) is 0 Å². The average molecular weight is 445 g/mol. The number of para-hydroxylation sites is 1. The van der Waals surface area contributed by atoms with Gasteiger partial charge in [0.1, 0.15) is 0 Å². The summed E-state index contributed by atoms with van der Waals surface area (Å²) in [6.45, 7) is 0. The molecule has 5 nitrogen and oxygen atoms in total. The van der Waals surface area contributed by atoms with Crippen LogP contribution in [-0.4, -0.2) is 21.4 Å². The molecule has 0 saturated heterocycles. The van der Waals surface area contributed by atoms with Gasteiger partial charge in [0.15, 0.2) is 0 Å². The van der Waals surface area contributed by atoms with E-state index in [4.69, 9.17) is 0 Å². The van der Waals surface area contributed by atoms with Gasteiger partial charge >= 0.3 is 0 Å². The van der Waals surface area contributed by atoms with Crippen molar-refractivity contribution < 1.29 is 13.2 Å². The van der Waals surface area contributed by atoms with Crippen LogP contribution in [0, 0.1) is 0 Å². The molecule has 0 aromatic heterocycles. The number of benzene rings is 3. The first kappa shape index (κ1) is 19.1. The van der Waals surface area contributed by atoms with Gasteiger partial charge in [0.05, 0.1) is 16.3 Å². The van der Waals surface area contributed by atoms with Crippen molar-refractivity contribution in [1.82, 2.24) is 0 Å². The van der Waals surface area contributed by atoms with E-state index < -0.39 is 10.0 Å². The molecule has 0 fully saturated rings. The number of rotatable bonds is 5. The van der Waals surface area contributed by atoms with Crippen LogP contribution in [0.5, 0.6) is 0 Å². The molecule has 0 atom stereocenters. The van der Waals surface area contributed by atoms with Crippen LogP contribution in [0.2, 0.25) is 0 Å². The van der Waals surface area contributed by atoms with E-state index in [0.29, 0.717) is 16.9 Å². The van der Waals surface area contributed by atoms with Crippen LogP contribution in [0.15, 0.2) is 88.2 Å². The normalized spacial score (nSPS) is 11.0. The summed E-state index contributed by atoms with van der Waals surface area (Å²) in [5.41, 5.74) is 1.40. The summed E-state index contributed by atoms with van der Waals surface area (Å²) in [5, 5.41) is 2.81. The van der Waals surface area contributed by atoms with Crippen molar-refractivity contribution in [2.75, 3.05) is 16.7 Å². The van der Waals surface area contributed by atoms with Crippen molar-refractivity contribution in [3.63, 3.8) is 0 Å². The summed E-state index contributed by atoms with van der Waals surface area (Å²) in [6.07, 6.45) is 0. The summed E-state index contributed by atoms with van der Waals surface area (Å²) in [4.78, 5) is 12.8. The van der Waals surface area contributed by atoms with Crippen molar-refractivity contribution in [2.24, 2.45) is 0 Å². The standard InChI is InChI=1S/C20H17BrN2O3S/c1-23(27(25,26)17-10-3-2-4-11-17)16-9-7-8-15(14-16)20(24)22-19-13-6-5-12-18(19)21/h2-14H,1H3,(H,22,24). The molecule has 0 unspecified atom stereocenters. The molecule has 138 valence electrons. The molecule has 1 N–H and O–H groups in total. The molecule has 1 amide bonds. The van der Waals surface area contributed by atoms with Gasteiger partial charge in [-0.05, 0) is 58.4 Å². The highest BCUT2D eigenvalue weighted by molar-refractivity contribution is 9.10. The molecule has 0 aliphatic heterocycles. The second kappa shape index (κ2) is 7.94. The number of nitrogens with one attached hydrogen (secondary N) is 1. The second-order valence-corrected chi connectivity index (χ2v) is 8.59. The zero-order valence-corrected chi connectivity index (χ0v) is 16.9. The number of halogens is 1. The predicted molar refractivity (Wildman–Crippen MR) is 111 cm³/mol. The minimum Gasteiger partial charge on any atom is -0.321 e. The monoisotopic (exact) mass is 444 g/mol. The lowest BCUT2D eigenvalue weighted by Gasteiger charge is -2.20. The maximum Gasteiger partial charge on any atom is 0.264 e. The first-order valence-corrected chi connectivity index (χ1v) is 10.3. The SMILES string of the molecule is CN(c1cccc(C(=O)Nc2ccccc2Br)c1)S(=O)(=O)c1ccccc1. The molecule has 0 saturated carbocycles. The van der Waals surface area contributed by atoms with Gasteiger partial charge in [0, 0.05) is 17.1 Å². The Labute approximate surface area is 166 Å². The fourth-order valence-corrected chi connectivity index (χ4v) is 4.08. The van der Waals surface area contributed by atoms with Gasteiger partial charge in [0.25, 0.3) is 15.9 Å². The molecule has 0 bridgehead atoms. The number of carbonyl (C=O) groups excluding carboxylic acids is 1. The zero-order valence-electron chi connectivity index (χ0n) is 14.5. The molecule has 3 aromatic carbocycles. The molecular weight excluding hydrogens is 428 g/mol. The van der Waals surface area contributed by atoms with Crippen molar-refractivity contribution in [3.8, 4) is 0 Å². The second-order valence-electron chi connectivity index (χ2n) is 5.77. The summed E-state index contributed by atoms with van der Waals surface area (Å²) in [6, 6.07) is 21.9. The number of amides is 1. The number of hydrogen-bond acceptors (Lipinski definition) is 3. The minimum atomic E-state index is -3.71. The van der Waals surface area contributed by atoms with Crippen LogP contribution in [0.3, 0.4) is 0 Å². The van der Waals surface area contributed by atoms with E-state index in [2.05, 4.69) is 21.2 Å². The topological polar surface area (TPSA) is 66.5 Å². The number of carbonyl (C=O) groups is 1. The predicted octanol–water partition coefficient (Wildman–Crippen LogP) is 4.53. The van der Waals surface area contributed by atoms with Gasteiger partial charge in [0.2, 0.25) is 0 Å². The Morgan fingerprint density at radius 2 is 1.59 bits per heavy atom. The van der Waals surface area contributed by atoms with Crippen LogP contribution in [0.1, 0.15) is 10.4 Å². The highest BCUT2D eigenvalue weighted by Gasteiger charge is 2.21. The van der Waals surface area contributed by atoms with Gasteiger partial charge in [-0.1, -0.05) is 36.4 Å². The first-order valence-electron chi connectivity index (χ1n) is 8.09. The highest BCUT2D eigenvalue weighted by Crippen LogP contribution is 2.25. The Balaban J connectivity index is 1.87. The van der Waals surface area contributed by atoms with E-state index in [-0.39, 0.29) is 10.8 Å². The lowest BCUT2D eigenvalue weighted by atomic mass is 10.2. The first-order chi connectivity index (χ1) is 12.9. The zero-order chi connectivity index (χ0) is 19.4. The molecule has 0 heterocycles. The lowest BCUT2D eigenvalue weighted by molar-refractivity contribution is 0.102. The van der Waals surface area contributed by atoms with Crippen molar-refractivity contribution in [2.45, 2.75) is 4.90 Å². The van der Waals surface area contributed by atoms with E-state index in [1.54, 1.807) is 48.5 Å². The number of anilines is 2. The molecule has 27 heavy (non-hydrogen) atoms. The van der Waals surface area contributed by atoms with Crippen LogP contribution >= 0.6 is 15.9 Å². The van der Waals surface area contributed by atoms with Crippen LogP contribution in [0.25, 0.3) is 0 Å². The smallest absolute Gasteiger partial charge is 0.264 e. The van der Waals surface area contributed by atoms with Crippen LogP contribution in [-0.2, 0) is 10.0 Å². The maximum absolute atomic E-state index is 12.8. The molecule has 0 radical (unpaired) electrons. The third kappa shape index (κ3) is 4.20. The van der Waals surface area contributed by atoms with E-state index in [1.165, 1.54) is 19.2 Å². The van der Waals surface area contributed by atoms with E-state index in [0.717, 1.165) is 8.78 Å². The molecule has 0 aliphatic carbocycles. The Hall–Kier alpha value is -2.64. The molecule has 0 spiro atoms. The fraction of sp³-hybridized carbons (Fsp3) is 0.0500. The van der Waals surface area contributed by atoms with Gasteiger partial charge in [-0.2, -0.15) is 0 Å². The average Bonchev–Trinajstić information content (AvgIpc) is 2.70. The Morgan fingerprint density at radius 1 is 0.926 bits per heavy atom. The van der Waals surface area contributed by atoms with Crippen LogP contribution in [0.4, 0.5) is 11.4 Å². The Bertz CT molecular complexity index is 1070. The molecule has 3 rings (SSSR count). The summed E-state index contributed by atoms with van der Waals surface area (Å²) >= 11 is 3.38.